The number of phenols is 1. The molecule has 1 saturated heterocycles. The van der Waals surface area contributed by atoms with Crippen LogP contribution in [-0.2, 0) is 15.8 Å². The highest BCUT2D eigenvalue weighted by Crippen LogP contribution is 2.64. The normalized spacial score (nSPS) is 15.4. The van der Waals surface area contributed by atoms with Crippen molar-refractivity contribution in [1.29, 1.82) is 0 Å². The first-order valence-electron chi connectivity index (χ1n) is 19.6. The van der Waals surface area contributed by atoms with Crippen LogP contribution in [0.3, 0.4) is 0 Å². The van der Waals surface area contributed by atoms with Crippen molar-refractivity contribution in [2.45, 2.75) is 11.0 Å². The lowest BCUT2D eigenvalue weighted by atomic mass is 9.70. The second kappa shape index (κ2) is 13.7. The topological polar surface area (TPSA) is 71.4 Å². The van der Waals surface area contributed by atoms with E-state index in [1.807, 2.05) is 78.9 Å². The molecule has 2 N–H and O–H groups in total. The van der Waals surface area contributed by atoms with Crippen LogP contribution in [0.5, 0.6) is 17.2 Å². The minimum absolute atomic E-state index is 0.261. The summed E-state index contributed by atoms with van der Waals surface area (Å²) in [5.41, 5.74) is 7.73. The zero-order valence-electron chi connectivity index (χ0n) is 32.3. The van der Waals surface area contributed by atoms with Crippen molar-refractivity contribution in [2.24, 2.45) is 0 Å². The number of ether oxygens (including phenoxy) is 3. The van der Waals surface area contributed by atoms with Gasteiger partial charge in [0.25, 0.3) is 0 Å². The molecule has 0 amide bonds. The van der Waals surface area contributed by atoms with E-state index in [-0.39, 0.29) is 5.75 Å². The fourth-order valence-corrected chi connectivity index (χ4v) is 9.68. The molecule has 2 aliphatic carbocycles. The zero-order valence-corrected chi connectivity index (χ0v) is 32.3. The van der Waals surface area contributed by atoms with Crippen LogP contribution in [0.1, 0.15) is 33.4 Å². The molecule has 1 aliphatic heterocycles. The van der Waals surface area contributed by atoms with Gasteiger partial charge in [-0.25, -0.2) is 0 Å². The van der Waals surface area contributed by atoms with Crippen molar-refractivity contribution in [3.05, 3.63) is 179 Å². The quantitative estimate of drug-likeness (QED) is 0.135. The van der Waals surface area contributed by atoms with E-state index in [4.69, 9.17) is 20.6 Å². The summed E-state index contributed by atoms with van der Waals surface area (Å²) in [6, 6.07) is 49.1. The highest BCUT2D eigenvalue weighted by atomic mass is 16.5. The van der Waals surface area contributed by atoms with Crippen LogP contribution in [0.2, 0.25) is 0 Å². The summed E-state index contributed by atoms with van der Waals surface area (Å²) in [6.45, 7) is 3.27. The van der Waals surface area contributed by atoms with Gasteiger partial charge in [0.1, 0.15) is 17.2 Å². The molecule has 0 aromatic heterocycles. The number of hydrogen-bond acceptors (Lipinski definition) is 6. The van der Waals surface area contributed by atoms with Crippen molar-refractivity contribution in [3.63, 3.8) is 0 Å². The number of fused-ring (bicyclic) bond motifs is 9. The van der Waals surface area contributed by atoms with E-state index in [9.17, 15) is 10.2 Å². The lowest BCUT2D eigenvalue weighted by Crippen LogP contribution is -2.36. The van der Waals surface area contributed by atoms with Crippen LogP contribution in [0.25, 0.3) is 43.4 Å². The Morgan fingerprint density at radius 3 is 1.90 bits per heavy atom. The molecule has 6 heteroatoms. The summed E-state index contributed by atoms with van der Waals surface area (Å²) in [5, 5.41) is 29.2. The molecular formula is C52H41NO5. The fourth-order valence-electron chi connectivity index (χ4n) is 9.68. The van der Waals surface area contributed by atoms with Gasteiger partial charge < -0.3 is 29.3 Å². The van der Waals surface area contributed by atoms with Gasteiger partial charge in [0, 0.05) is 35.3 Å². The Bertz CT molecular complexity index is 2880. The Balaban J connectivity index is 0.000000160. The Labute approximate surface area is 337 Å². The standard InChI is InChI=1S/C33H22O3.C19H19NO2/c1-35-20-11-13-22-24(15-20)29(34)17-28-32(22)23-14-12-21(36-2)16-27(23)33(28)25-7-3-5-18-9-10-19-6-4-8-26(33)31(19)30(18)25;1-2-19(21,16-6-4-3-5-7-16)17-8-10-18(11-9-17)20-12-14-22-15-13-20/h3-17,34H,1-2H3;1,3-11,21H,12-15H2. The number of hydrogen-bond donors (Lipinski definition) is 2. The maximum Gasteiger partial charge on any atom is 0.176 e. The van der Waals surface area contributed by atoms with Crippen LogP contribution < -0.4 is 14.4 Å². The third kappa shape index (κ3) is 5.14. The molecule has 1 atom stereocenters. The summed E-state index contributed by atoms with van der Waals surface area (Å²) in [6.07, 6.45) is 5.62. The number of rotatable bonds is 5. The average molecular weight is 760 g/mol. The number of aromatic hydroxyl groups is 1. The maximum atomic E-state index is 11.4. The van der Waals surface area contributed by atoms with Crippen LogP contribution in [-0.4, -0.2) is 50.7 Å². The molecule has 1 unspecified atom stereocenters. The summed E-state index contributed by atoms with van der Waals surface area (Å²) < 4.78 is 16.6. The lowest BCUT2D eigenvalue weighted by molar-refractivity contribution is 0.122. The molecule has 8 aromatic rings. The first-order valence-corrected chi connectivity index (χ1v) is 19.6. The van der Waals surface area contributed by atoms with Crippen molar-refractivity contribution >= 4 is 38.0 Å². The largest absolute Gasteiger partial charge is 0.507 e. The summed E-state index contributed by atoms with van der Waals surface area (Å²) in [7, 11) is 3.37. The lowest BCUT2D eigenvalue weighted by Gasteiger charge is -2.31. The third-order valence-electron chi connectivity index (χ3n) is 12.4. The SMILES string of the molecule is C#CC(O)(c1ccccc1)c1ccc(N2CCOCC2)cc1.COc1ccc2c(c1)C1(c3cc(O)c4cc(OC)ccc4c3-2)c2cccc3ccc4cccc1c4c23. The van der Waals surface area contributed by atoms with Crippen LogP contribution >= 0.6 is 0 Å². The Morgan fingerprint density at radius 2 is 1.26 bits per heavy atom. The van der Waals surface area contributed by atoms with E-state index >= 15 is 0 Å². The number of nitrogens with zero attached hydrogens (tertiary/aromatic N) is 1. The van der Waals surface area contributed by atoms with Crippen LogP contribution in [0, 0.1) is 12.3 Å². The molecule has 6 nitrogen and oxygen atoms in total. The number of aliphatic hydroxyl groups is 1. The van der Waals surface area contributed by atoms with Crippen molar-refractivity contribution < 1.29 is 24.4 Å². The molecule has 0 radical (unpaired) electrons. The molecule has 8 aromatic carbocycles. The van der Waals surface area contributed by atoms with Gasteiger partial charge in [-0.15, -0.1) is 6.42 Å². The van der Waals surface area contributed by atoms with Gasteiger partial charge in [0.2, 0.25) is 0 Å². The number of terminal acetylenes is 1. The van der Waals surface area contributed by atoms with Gasteiger partial charge >= 0.3 is 0 Å². The minimum Gasteiger partial charge on any atom is -0.507 e. The van der Waals surface area contributed by atoms with E-state index in [2.05, 4.69) is 77.6 Å². The monoisotopic (exact) mass is 759 g/mol. The molecule has 1 spiro atoms. The number of methoxy groups -OCH3 is 2. The predicted molar refractivity (Wildman–Crippen MR) is 232 cm³/mol. The van der Waals surface area contributed by atoms with Gasteiger partial charge in [-0.1, -0.05) is 103 Å². The predicted octanol–water partition coefficient (Wildman–Crippen LogP) is 9.94. The number of benzene rings is 8. The number of anilines is 1. The molecule has 1 heterocycles. The molecule has 11 rings (SSSR count). The molecule has 0 saturated carbocycles. The smallest absolute Gasteiger partial charge is 0.176 e. The molecule has 3 aliphatic rings. The second-order valence-electron chi connectivity index (χ2n) is 15.1. The minimum atomic E-state index is -1.40. The first kappa shape index (κ1) is 35.6. The molecule has 0 bridgehead atoms. The first-order chi connectivity index (χ1) is 28.4. The fraction of sp³-hybridized carbons (Fsp3) is 0.154. The highest BCUT2D eigenvalue weighted by Gasteiger charge is 2.51. The Morgan fingerprint density at radius 1 is 0.638 bits per heavy atom. The van der Waals surface area contributed by atoms with E-state index in [1.165, 1.54) is 43.8 Å². The van der Waals surface area contributed by atoms with E-state index in [1.54, 1.807) is 14.2 Å². The number of phenolic OH excluding ortho intramolecular Hbond substituents is 1. The van der Waals surface area contributed by atoms with Crippen LogP contribution in [0.15, 0.2) is 146 Å². The summed E-state index contributed by atoms with van der Waals surface area (Å²) in [5.74, 6) is 4.34. The Hall–Kier alpha value is -6.78. The zero-order chi connectivity index (χ0) is 39.6. The molecule has 1 fully saturated rings. The van der Waals surface area contributed by atoms with E-state index < -0.39 is 11.0 Å². The van der Waals surface area contributed by atoms with Crippen molar-refractivity contribution in [3.8, 4) is 40.7 Å². The summed E-state index contributed by atoms with van der Waals surface area (Å²) >= 11 is 0. The van der Waals surface area contributed by atoms with Gasteiger partial charge in [-0.05, 0) is 109 Å². The maximum absolute atomic E-state index is 11.4. The molecular weight excluding hydrogens is 719 g/mol. The highest BCUT2D eigenvalue weighted by molar-refractivity contribution is 6.19. The third-order valence-corrected chi connectivity index (χ3v) is 12.4. The van der Waals surface area contributed by atoms with E-state index in [0.29, 0.717) is 11.1 Å². The average Bonchev–Trinajstić information content (AvgIpc) is 3.76. The van der Waals surface area contributed by atoms with Gasteiger partial charge in [0.15, 0.2) is 5.60 Å². The van der Waals surface area contributed by atoms with Crippen molar-refractivity contribution in [2.75, 3.05) is 45.4 Å². The molecule has 284 valence electrons. The summed E-state index contributed by atoms with van der Waals surface area (Å²) in [4.78, 5) is 2.27. The van der Waals surface area contributed by atoms with Gasteiger partial charge in [0.05, 0.1) is 32.8 Å². The second-order valence-corrected chi connectivity index (χ2v) is 15.1. The number of morpholine rings is 1. The molecule has 58 heavy (non-hydrogen) atoms. The van der Waals surface area contributed by atoms with E-state index in [0.717, 1.165) is 65.4 Å². The Kier molecular flexibility index (Phi) is 8.42. The van der Waals surface area contributed by atoms with Gasteiger partial charge in [-0.3, -0.25) is 0 Å². The van der Waals surface area contributed by atoms with Gasteiger partial charge in [-0.2, -0.15) is 0 Å². The van der Waals surface area contributed by atoms with Crippen LogP contribution in [0.4, 0.5) is 5.69 Å². The van der Waals surface area contributed by atoms with Crippen molar-refractivity contribution in [1.82, 2.24) is 0 Å².